The van der Waals surface area contributed by atoms with Gasteiger partial charge in [0.05, 0.1) is 6.10 Å². The molecule has 0 radical (unpaired) electrons. The average molecular weight is 145 g/mol. The van der Waals surface area contributed by atoms with E-state index < -0.39 is 0 Å². The molecule has 3 atom stereocenters. The second kappa shape index (κ2) is 4.69. The third kappa shape index (κ3) is 2.67. The molecule has 0 aromatic carbocycles. The first kappa shape index (κ1) is 9.92. The molecule has 2 nitrogen and oxygen atoms in total. The Morgan fingerprint density at radius 3 is 2.10 bits per heavy atom. The van der Waals surface area contributed by atoms with E-state index >= 15 is 0 Å². The Hall–Kier alpha value is -0.0800. The fraction of sp³-hybridized carbons (Fsp3) is 1.00. The minimum absolute atomic E-state index is 0.227. The first-order chi connectivity index (χ1) is 4.63. The van der Waals surface area contributed by atoms with Crippen LogP contribution in [0, 0.1) is 11.8 Å². The van der Waals surface area contributed by atoms with Crippen LogP contribution in [0.15, 0.2) is 0 Å². The Kier molecular flexibility index (Phi) is 4.65. The molecule has 2 heteroatoms. The summed E-state index contributed by atoms with van der Waals surface area (Å²) in [6, 6.07) is 0. The summed E-state index contributed by atoms with van der Waals surface area (Å²) in [5.74, 6) is 0.605. The molecule has 0 aliphatic heterocycles. The fourth-order valence-electron chi connectivity index (χ4n) is 0.942. The molecule has 0 bridgehead atoms. The Morgan fingerprint density at radius 1 is 1.30 bits per heavy atom. The van der Waals surface area contributed by atoms with E-state index in [1.807, 2.05) is 6.92 Å². The van der Waals surface area contributed by atoms with Gasteiger partial charge in [0, 0.05) is 0 Å². The smallest absolute Gasteiger partial charge is 0.0603 e. The van der Waals surface area contributed by atoms with Gasteiger partial charge in [-0.3, -0.25) is 0 Å². The van der Waals surface area contributed by atoms with Gasteiger partial charge < -0.3 is 10.8 Å². The molecule has 0 fully saturated rings. The van der Waals surface area contributed by atoms with Crippen molar-refractivity contribution in [3.63, 3.8) is 0 Å². The summed E-state index contributed by atoms with van der Waals surface area (Å²) in [6.45, 7) is 6.69. The predicted molar refractivity (Wildman–Crippen MR) is 43.7 cm³/mol. The van der Waals surface area contributed by atoms with Crippen molar-refractivity contribution in [1.29, 1.82) is 0 Å². The van der Waals surface area contributed by atoms with E-state index in [1.54, 1.807) is 0 Å². The van der Waals surface area contributed by atoms with E-state index in [4.69, 9.17) is 5.73 Å². The van der Waals surface area contributed by atoms with Crippen molar-refractivity contribution >= 4 is 0 Å². The zero-order valence-corrected chi connectivity index (χ0v) is 7.17. The largest absolute Gasteiger partial charge is 0.393 e. The molecule has 0 spiro atoms. The Labute approximate surface area is 63.4 Å². The maximum absolute atomic E-state index is 9.51. The van der Waals surface area contributed by atoms with Gasteiger partial charge in [-0.25, -0.2) is 0 Å². The van der Waals surface area contributed by atoms with E-state index in [9.17, 15) is 5.11 Å². The van der Waals surface area contributed by atoms with Gasteiger partial charge in [0.1, 0.15) is 0 Å². The number of rotatable bonds is 4. The minimum atomic E-state index is -0.227. The molecule has 0 aromatic rings. The third-order valence-corrected chi connectivity index (χ3v) is 2.18. The lowest BCUT2D eigenvalue weighted by Crippen LogP contribution is -2.30. The second-order valence-corrected chi connectivity index (χ2v) is 3.09. The van der Waals surface area contributed by atoms with Crippen molar-refractivity contribution in [2.24, 2.45) is 17.6 Å². The van der Waals surface area contributed by atoms with E-state index in [0.29, 0.717) is 12.5 Å². The van der Waals surface area contributed by atoms with Crippen molar-refractivity contribution in [1.82, 2.24) is 0 Å². The highest BCUT2D eigenvalue weighted by Crippen LogP contribution is 2.14. The van der Waals surface area contributed by atoms with Crippen molar-refractivity contribution < 1.29 is 5.11 Å². The normalized spacial score (nSPS) is 20.1. The number of aliphatic hydroxyl groups is 1. The molecule has 0 heterocycles. The molecule has 62 valence electrons. The summed E-state index contributed by atoms with van der Waals surface area (Å²) >= 11 is 0. The first-order valence-electron chi connectivity index (χ1n) is 4.01. The molecule has 10 heavy (non-hydrogen) atoms. The highest BCUT2D eigenvalue weighted by molar-refractivity contribution is 4.69. The van der Waals surface area contributed by atoms with Gasteiger partial charge in [0.25, 0.3) is 0 Å². The number of hydrogen-bond donors (Lipinski definition) is 2. The highest BCUT2D eigenvalue weighted by Gasteiger charge is 2.17. The summed E-state index contributed by atoms with van der Waals surface area (Å²) in [5.41, 5.74) is 5.41. The van der Waals surface area contributed by atoms with Crippen molar-refractivity contribution in [2.75, 3.05) is 6.54 Å². The maximum atomic E-state index is 9.51. The number of aliphatic hydroxyl groups excluding tert-OH is 1. The quantitative estimate of drug-likeness (QED) is 0.619. The molecule has 3 unspecified atom stereocenters. The second-order valence-electron chi connectivity index (χ2n) is 3.09. The van der Waals surface area contributed by atoms with Crippen LogP contribution in [0.5, 0.6) is 0 Å². The fourth-order valence-corrected chi connectivity index (χ4v) is 0.942. The zero-order valence-electron chi connectivity index (χ0n) is 7.17. The van der Waals surface area contributed by atoms with Gasteiger partial charge in [-0.15, -0.1) is 0 Å². The first-order valence-corrected chi connectivity index (χ1v) is 4.01. The topological polar surface area (TPSA) is 46.2 Å². The van der Waals surface area contributed by atoms with E-state index in [1.165, 1.54) is 0 Å². The van der Waals surface area contributed by atoms with Gasteiger partial charge in [-0.1, -0.05) is 27.2 Å². The lowest BCUT2D eigenvalue weighted by molar-refractivity contribution is 0.0667. The van der Waals surface area contributed by atoms with E-state index in [2.05, 4.69) is 13.8 Å². The van der Waals surface area contributed by atoms with Crippen LogP contribution in [0.3, 0.4) is 0 Å². The summed E-state index contributed by atoms with van der Waals surface area (Å²) in [6.07, 6.45) is 0.792. The molecular weight excluding hydrogens is 126 g/mol. The Balaban J connectivity index is 3.69. The van der Waals surface area contributed by atoms with Crippen LogP contribution >= 0.6 is 0 Å². The van der Waals surface area contributed by atoms with Gasteiger partial charge in [0.15, 0.2) is 0 Å². The summed E-state index contributed by atoms with van der Waals surface area (Å²) in [7, 11) is 0. The zero-order chi connectivity index (χ0) is 8.15. The lowest BCUT2D eigenvalue weighted by Gasteiger charge is -2.22. The third-order valence-electron chi connectivity index (χ3n) is 2.18. The van der Waals surface area contributed by atoms with Gasteiger partial charge in [-0.2, -0.15) is 0 Å². The Bertz CT molecular complexity index is 75.3. The number of hydrogen-bond acceptors (Lipinski definition) is 2. The van der Waals surface area contributed by atoms with Crippen LogP contribution < -0.4 is 5.73 Å². The van der Waals surface area contributed by atoms with E-state index in [0.717, 1.165) is 6.42 Å². The average Bonchev–Trinajstić information content (AvgIpc) is 2.00. The van der Waals surface area contributed by atoms with Crippen LogP contribution in [0.25, 0.3) is 0 Å². The van der Waals surface area contributed by atoms with Crippen LogP contribution in [-0.2, 0) is 0 Å². The lowest BCUT2D eigenvalue weighted by atomic mass is 9.92. The van der Waals surface area contributed by atoms with Gasteiger partial charge in [0.2, 0.25) is 0 Å². The highest BCUT2D eigenvalue weighted by atomic mass is 16.3. The van der Waals surface area contributed by atoms with E-state index in [-0.39, 0.29) is 12.0 Å². The van der Waals surface area contributed by atoms with Crippen LogP contribution in [0.2, 0.25) is 0 Å². The molecule has 0 aromatic heterocycles. The molecule has 0 aliphatic rings. The molecule has 3 N–H and O–H groups in total. The van der Waals surface area contributed by atoms with Crippen molar-refractivity contribution in [3.05, 3.63) is 0 Å². The summed E-state index contributed by atoms with van der Waals surface area (Å²) in [5, 5.41) is 9.51. The van der Waals surface area contributed by atoms with Gasteiger partial charge in [-0.05, 0) is 18.4 Å². The molecule has 0 saturated heterocycles. The monoisotopic (exact) mass is 145 g/mol. The van der Waals surface area contributed by atoms with Crippen molar-refractivity contribution in [3.8, 4) is 0 Å². The van der Waals surface area contributed by atoms with Crippen LogP contribution in [-0.4, -0.2) is 17.8 Å². The number of nitrogens with two attached hydrogens (primary N) is 1. The maximum Gasteiger partial charge on any atom is 0.0603 e. The van der Waals surface area contributed by atoms with Gasteiger partial charge >= 0.3 is 0 Å². The molecule has 0 aliphatic carbocycles. The SMILES string of the molecule is CCC(C)C(O)C(C)CN. The minimum Gasteiger partial charge on any atom is -0.393 e. The predicted octanol–water partition coefficient (Wildman–Crippen LogP) is 0.988. The van der Waals surface area contributed by atoms with Crippen LogP contribution in [0.4, 0.5) is 0 Å². The van der Waals surface area contributed by atoms with Crippen molar-refractivity contribution in [2.45, 2.75) is 33.3 Å². The molecule has 0 saturated carbocycles. The summed E-state index contributed by atoms with van der Waals surface area (Å²) in [4.78, 5) is 0. The molecule has 0 rings (SSSR count). The molecular formula is C8H19NO. The molecule has 0 amide bonds. The summed E-state index contributed by atoms with van der Waals surface area (Å²) < 4.78 is 0. The standard InChI is InChI=1S/C8H19NO/c1-4-6(2)8(10)7(3)5-9/h6-8,10H,4-5,9H2,1-3H3. The Morgan fingerprint density at radius 2 is 1.80 bits per heavy atom. The van der Waals surface area contributed by atoms with Crippen LogP contribution in [0.1, 0.15) is 27.2 Å².